The van der Waals surface area contributed by atoms with Gasteiger partial charge in [-0.05, 0) is 37.1 Å². The highest BCUT2D eigenvalue weighted by molar-refractivity contribution is 9.10. The topological polar surface area (TPSA) is 12.0 Å². The van der Waals surface area contributed by atoms with Gasteiger partial charge in [-0.3, -0.25) is 0 Å². The predicted octanol–water partition coefficient (Wildman–Crippen LogP) is 4.68. The second kappa shape index (κ2) is 7.12. The molecule has 0 fully saturated rings. The summed E-state index contributed by atoms with van der Waals surface area (Å²) in [7, 11) is 1.95. The molecule has 0 aliphatic heterocycles. The van der Waals surface area contributed by atoms with Crippen molar-refractivity contribution in [3.05, 3.63) is 34.1 Å². The van der Waals surface area contributed by atoms with Crippen molar-refractivity contribution in [1.29, 1.82) is 0 Å². The van der Waals surface area contributed by atoms with Crippen LogP contribution in [-0.4, -0.2) is 7.05 Å². The first kappa shape index (κ1) is 14.7. The fourth-order valence-corrected chi connectivity index (χ4v) is 2.60. The molecule has 1 aromatic rings. The lowest BCUT2D eigenvalue weighted by Crippen LogP contribution is -2.17. The number of hydrogen-bond acceptors (Lipinski definition) is 1. The van der Waals surface area contributed by atoms with Gasteiger partial charge in [-0.15, -0.1) is 0 Å². The molecule has 17 heavy (non-hydrogen) atoms. The van der Waals surface area contributed by atoms with Crippen molar-refractivity contribution in [2.45, 2.75) is 39.2 Å². The van der Waals surface area contributed by atoms with Crippen LogP contribution in [0.1, 0.15) is 44.7 Å². The lowest BCUT2D eigenvalue weighted by molar-refractivity contribution is 0.469. The van der Waals surface area contributed by atoms with Gasteiger partial charge in [0.1, 0.15) is 5.82 Å². The molecule has 0 bridgehead atoms. The molecule has 0 aromatic heterocycles. The van der Waals surface area contributed by atoms with Crippen LogP contribution in [0.15, 0.2) is 22.7 Å². The van der Waals surface area contributed by atoms with Crippen molar-refractivity contribution in [2.24, 2.45) is 5.92 Å². The molecule has 0 spiro atoms. The molecule has 0 saturated carbocycles. The average Bonchev–Trinajstić information content (AvgIpc) is 2.25. The highest BCUT2D eigenvalue weighted by Crippen LogP contribution is 2.28. The summed E-state index contributed by atoms with van der Waals surface area (Å²) in [6.07, 6.45) is 3.50. The van der Waals surface area contributed by atoms with Crippen LogP contribution in [0.25, 0.3) is 0 Å². The van der Waals surface area contributed by atoms with E-state index in [1.165, 1.54) is 25.0 Å². The van der Waals surface area contributed by atoms with Crippen LogP contribution < -0.4 is 5.32 Å². The molecular formula is C14H21BrFN. The normalized spacial score (nSPS) is 13.1. The molecule has 0 saturated heterocycles. The number of hydrogen-bond donors (Lipinski definition) is 1. The lowest BCUT2D eigenvalue weighted by Gasteiger charge is -2.18. The summed E-state index contributed by atoms with van der Waals surface area (Å²) in [6.45, 7) is 4.48. The Labute approximate surface area is 112 Å². The Morgan fingerprint density at radius 1 is 1.29 bits per heavy atom. The summed E-state index contributed by atoms with van der Waals surface area (Å²) in [5, 5.41) is 3.30. The lowest BCUT2D eigenvalue weighted by atomic mass is 9.98. The maximum Gasteiger partial charge on any atom is 0.124 e. The highest BCUT2D eigenvalue weighted by Gasteiger charge is 2.13. The summed E-state index contributed by atoms with van der Waals surface area (Å²) in [5.41, 5.74) is 1.14. The van der Waals surface area contributed by atoms with Crippen LogP contribution in [0.3, 0.4) is 0 Å². The van der Waals surface area contributed by atoms with Gasteiger partial charge in [0.05, 0.1) is 0 Å². The van der Waals surface area contributed by atoms with E-state index in [1.54, 1.807) is 0 Å². The minimum Gasteiger partial charge on any atom is -0.313 e. The Bertz CT molecular complexity index is 352. The monoisotopic (exact) mass is 301 g/mol. The number of benzene rings is 1. The Morgan fingerprint density at radius 2 is 2.00 bits per heavy atom. The van der Waals surface area contributed by atoms with E-state index in [0.29, 0.717) is 6.04 Å². The summed E-state index contributed by atoms with van der Waals surface area (Å²) >= 11 is 3.43. The van der Waals surface area contributed by atoms with E-state index < -0.39 is 0 Å². The smallest absolute Gasteiger partial charge is 0.124 e. The molecule has 1 aromatic carbocycles. The molecule has 0 radical (unpaired) electrons. The van der Waals surface area contributed by atoms with Gasteiger partial charge in [-0.25, -0.2) is 4.39 Å². The quantitative estimate of drug-likeness (QED) is 0.805. The zero-order chi connectivity index (χ0) is 12.8. The molecule has 0 aliphatic carbocycles. The Balaban J connectivity index is 2.66. The van der Waals surface area contributed by atoms with Crippen molar-refractivity contribution in [3.8, 4) is 0 Å². The van der Waals surface area contributed by atoms with E-state index >= 15 is 0 Å². The highest BCUT2D eigenvalue weighted by atomic mass is 79.9. The molecule has 0 amide bonds. The standard InChI is InChI=1S/C14H21BrFN/c1-10(2)5-4-6-14(17-3)12-8-7-11(16)9-13(12)15/h7-10,14,17H,4-6H2,1-3H3. The number of rotatable bonds is 6. The van der Waals surface area contributed by atoms with Crippen LogP contribution in [0.5, 0.6) is 0 Å². The van der Waals surface area contributed by atoms with Crippen LogP contribution in [0.2, 0.25) is 0 Å². The number of nitrogens with one attached hydrogen (secondary N) is 1. The van der Waals surface area contributed by atoms with Crippen molar-refractivity contribution >= 4 is 15.9 Å². The average molecular weight is 302 g/mol. The first-order valence-electron chi connectivity index (χ1n) is 6.16. The second-order valence-electron chi connectivity index (χ2n) is 4.83. The third-order valence-corrected chi connectivity index (χ3v) is 3.65. The van der Waals surface area contributed by atoms with E-state index in [-0.39, 0.29) is 5.82 Å². The van der Waals surface area contributed by atoms with Gasteiger partial charge < -0.3 is 5.32 Å². The molecule has 1 unspecified atom stereocenters. The Morgan fingerprint density at radius 3 is 2.53 bits per heavy atom. The van der Waals surface area contributed by atoms with Gasteiger partial charge in [0.15, 0.2) is 0 Å². The summed E-state index contributed by atoms with van der Waals surface area (Å²) < 4.78 is 13.9. The zero-order valence-corrected chi connectivity index (χ0v) is 12.3. The van der Waals surface area contributed by atoms with Crippen molar-refractivity contribution in [3.63, 3.8) is 0 Å². The maximum atomic E-state index is 13.0. The van der Waals surface area contributed by atoms with Crippen LogP contribution >= 0.6 is 15.9 Å². The largest absolute Gasteiger partial charge is 0.313 e. The van der Waals surface area contributed by atoms with E-state index in [4.69, 9.17) is 0 Å². The van der Waals surface area contributed by atoms with Gasteiger partial charge in [-0.1, -0.05) is 48.7 Å². The minimum atomic E-state index is -0.197. The maximum absolute atomic E-state index is 13.0. The number of halogens is 2. The fourth-order valence-electron chi connectivity index (χ4n) is 1.97. The summed E-state index contributed by atoms with van der Waals surface area (Å²) in [5.74, 6) is 0.543. The van der Waals surface area contributed by atoms with Crippen LogP contribution in [0, 0.1) is 11.7 Å². The molecule has 1 atom stereocenters. The molecule has 3 heteroatoms. The zero-order valence-electron chi connectivity index (χ0n) is 10.8. The SMILES string of the molecule is CNC(CCCC(C)C)c1ccc(F)cc1Br. The Kier molecular flexibility index (Phi) is 6.14. The molecule has 0 aliphatic rings. The third-order valence-electron chi connectivity index (χ3n) is 2.96. The van der Waals surface area contributed by atoms with E-state index in [2.05, 4.69) is 35.1 Å². The third kappa shape index (κ3) is 4.76. The molecular weight excluding hydrogens is 281 g/mol. The van der Waals surface area contributed by atoms with Crippen molar-refractivity contribution in [2.75, 3.05) is 7.05 Å². The molecule has 1 nitrogen and oxygen atoms in total. The second-order valence-corrected chi connectivity index (χ2v) is 5.69. The molecule has 1 rings (SSSR count). The van der Waals surface area contributed by atoms with Crippen molar-refractivity contribution in [1.82, 2.24) is 5.32 Å². The van der Waals surface area contributed by atoms with Gasteiger partial charge >= 0.3 is 0 Å². The van der Waals surface area contributed by atoms with Gasteiger partial charge in [-0.2, -0.15) is 0 Å². The van der Waals surface area contributed by atoms with E-state index in [9.17, 15) is 4.39 Å². The van der Waals surface area contributed by atoms with E-state index in [1.807, 2.05) is 13.1 Å². The van der Waals surface area contributed by atoms with Crippen molar-refractivity contribution < 1.29 is 4.39 Å². The van der Waals surface area contributed by atoms with Crippen LogP contribution in [0.4, 0.5) is 4.39 Å². The van der Waals surface area contributed by atoms with Gasteiger partial charge in [0.2, 0.25) is 0 Å². The molecule has 1 N–H and O–H groups in total. The Hall–Kier alpha value is -0.410. The first-order valence-corrected chi connectivity index (χ1v) is 6.96. The van der Waals surface area contributed by atoms with Gasteiger partial charge in [0, 0.05) is 10.5 Å². The fraction of sp³-hybridized carbons (Fsp3) is 0.571. The summed E-state index contributed by atoms with van der Waals surface area (Å²) in [6, 6.07) is 5.20. The van der Waals surface area contributed by atoms with Crippen LogP contribution in [-0.2, 0) is 0 Å². The van der Waals surface area contributed by atoms with E-state index in [0.717, 1.165) is 22.4 Å². The molecule has 96 valence electrons. The summed E-state index contributed by atoms with van der Waals surface area (Å²) in [4.78, 5) is 0. The minimum absolute atomic E-state index is 0.197. The molecule has 0 heterocycles. The van der Waals surface area contributed by atoms with Gasteiger partial charge in [0.25, 0.3) is 0 Å². The predicted molar refractivity (Wildman–Crippen MR) is 74.6 cm³/mol. The first-order chi connectivity index (χ1) is 8.04.